The lowest BCUT2D eigenvalue weighted by Gasteiger charge is -2.46. The first kappa shape index (κ1) is 25.4. The minimum absolute atomic E-state index is 0.208. The Morgan fingerprint density at radius 2 is 1.51 bits per heavy atom. The van der Waals surface area contributed by atoms with Crippen LogP contribution in [-0.2, 0) is 11.3 Å². The molecule has 0 saturated heterocycles. The Labute approximate surface area is 212 Å². The van der Waals surface area contributed by atoms with E-state index in [9.17, 15) is 4.79 Å². The van der Waals surface area contributed by atoms with Gasteiger partial charge in [-0.25, -0.2) is 4.98 Å². The molecule has 0 bridgehead atoms. The van der Waals surface area contributed by atoms with Gasteiger partial charge in [-0.05, 0) is 99.4 Å². The summed E-state index contributed by atoms with van der Waals surface area (Å²) in [5.74, 6) is 0.208. The van der Waals surface area contributed by atoms with Crippen molar-refractivity contribution in [1.82, 2.24) is 9.88 Å². The molecule has 1 aromatic carbocycles. The molecule has 2 aliphatic rings. The Morgan fingerprint density at radius 1 is 0.943 bits per heavy atom. The van der Waals surface area contributed by atoms with Crippen molar-refractivity contribution in [1.29, 1.82) is 0 Å². The summed E-state index contributed by atoms with van der Waals surface area (Å²) in [6.45, 7) is 31.3. The second-order valence-electron chi connectivity index (χ2n) is 11.8. The molecule has 3 nitrogen and oxygen atoms in total. The average molecular weight is 471 g/mol. The third-order valence-corrected chi connectivity index (χ3v) is 9.93. The zero-order chi connectivity index (χ0) is 26.4. The first-order valence-corrected chi connectivity index (χ1v) is 12.9. The van der Waals surface area contributed by atoms with Crippen molar-refractivity contribution >= 4 is 22.4 Å². The third kappa shape index (κ3) is 3.16. The van der Waals surface area contributed by atoms with Crippen molar-refractivity contribution < 1.29 is 4.79 Å². The maximum atomic E-state index is 12.8. The number of pyridine rings is 1. The van der Waals surface area contributed by atoms with Gasteiger partial charge in [0, 0.05) is 27.5 Å². The van der Waals surface area contributed by atoms with Gasteiger partial charge in [-0.3, -0.25) is 4.79 Å². The number of allylic oxidation sites excluding steroid dienone is 3. The van der Waals surface area contributed by atoms with Gasteiger partial charge in [0.25, 0.3) is 0 Å². The van der Waals surface area contributed by atoms with Crippen LogP contribution in [0.5, 0.6) is 0 Å². The van der Waals surface area contributed by atoms with Crippen LogP contribution < -0.4 is 0 Å². The lowest BCUT2D eigenvalue weighted by molar-refractivity contribution is -0.129. The second-order valence-corrected chi connectivity index (χ2v) is 11.8. The standard InChI is InChI=1S/C32H42N2O/c1-14-24-22(8)34-15-25-20(6)26-18(4)16(2)17(3)19(5)28(26)33-29(25)30(34)21(7)27(24)32(12,13)31(10,11)23(9)35/h8,14-15H2,1-7,9-13H3. The highest BCUT2D eigenvalue weighted by molar-refractivity contribution is 5.95. The lowest BCUT2D eigenvalue weighted by Crippen LogP contribution is -2.42. The summed E-state index contributed by atoms with van der Waals surface area (Å²) >= 11 is 0. The smallest absolute Gasteiger partial charge is 0.136 e. The van der Waals surface area contributed by atoms with Crippen molar-refractivity contribution in [3.63, 3.8) is 0 Å². The topological polar surface area (TPSA) is 33.2 Å². The number of ketones is 1. The summed E-state index contributed by atoms with van der Waals surface area (Å²) in [7, 11) is 0. The highest BCUT2D eigenvalue weighted by atomic mass is 16.1. The predicted molar refractivity (Wildman–Crippen MR) is 148 cm³/mol. The van der Waals surface area contributed by atoms with E-state index in [1.165, 1.54) is 61.2 Å². The highest BCUT2D eigenvalue weighted by Gasteiger charge is 2.48. The van der Waals surface area contributed by atoms with Crippen LogP contribution in [0.1, 0.15) is 94.0 Å². The zero-order valence-corrected chi connectivity index (χ0v) is 23.9. The van der Waals surface area contributed by atoms with Crippen molar-refractivity contribution in [2.45, 2.75) is 96.1 Å². The lowest BCUT2D eigenvalue weighted by atomic mass is 9.58. The molecule has 0 unspecified atom stereocenters. The molecule has 0 spiro atoms. The monoisotopic (exact) mass is 470 g/mol. The van der Waals surface area contributed by atoms with E-state index < -0.39 is 5.41 Å². The molecular formula is C32H42N2O. The number of Topliss-reactive ketones (excluding diaryl/α,β-unsaturated/α-hetero) is 1. The van der Waals surface area contributed by atoms with Crippen LogP contribution >= 0.6 is 0 Å². The van der Waals surface area contributed by atoms with E-state index in [1.54, 1.807) is 6.92 Å². The molecule has 3 heteroatoms. The molecule has 0 fully saturated rings. The van der Waals surface area contributed by atoms with E-state index in [0.717, 1.165) is 29.9 Å². The SMILES string of the molecule is C=C1C(CC)=C(C(C)(C)C(C)(C)C(C)=O)C(C)=C2c3nc4c(C)c(C)c(C)c(C)c4c(C)c3CN12. The molecule has 35 heavy (non-hydrogen) atoms. The molecule has 0 saturated carbocycles. The number of carbonyl (C=O) groups excluding carboxylic acids is 1. The number of rotatable bonds is 4. The van der Waals surface area contributed by atoms with Gasteiger partial charge in [0.15, 0.2) is 0 Å². The van der Waals surface area contributed by atoms with Crippen LogP contribution in [0.15, 0.2) is 29.0 Å². The van der Waals surface area contributed by atoms with Crippen LogP contribution in [0, 0.1) is 45.4 Å². The predicted octanol–water partition coefficient (Wildman–Crippen LogP) is 8.20. The van der Waals surface area contributed by atoms with Crippen LogP contribution in [0.2, 0.25) is 0 Å². The second kappa shape index (κ2) is 7.91. The van der Waals surface area contributed by atoms with E-state index in [1.807, 2.05) is 0 Å². The molecule has 0 atom stereocenters. The zero-order valence-electron chi connectivity index (χ0n) is 23.9. The fraction of sp³-hybridized carbons (Fsp3) is 0.500. The summed E-state index contributed by atoms with van der Waals surface area (Å²) in [6.07, 6.45) is 0.883. The van der Waals surface area contributed by atoms with Crippen molar-refractivity contribution in [3.05, 3.63) is 68.1 Å². The van der Waals surface area contributed by atoms with Crippen LogP contribution in [0.25, 0.3) is 16.6 Å². The normalized spacial score (nSPS) is 16.5. The maximum absolute atomic E-state index is 12.8. The van der Waals surface area contributed by atoms with Gasteiger partial charge in [0.05, 0.1) is 23.5 Å². The van der Waals surface area contributed by atoms with Gasteiger partial charge in [0.1, 0.15) is 5.78 Å². The number of aromatic nitrogens is 1. The largest absolute Gasteiger partial charge is 0.335 e. The average Bonchev–Trinajstić information content (AvgIpc) is 3.18. The number of benzene rings is 1. The number of hydrogen-bond acceptors (Lipinski definition) is 3. The van der Waals surface area contributed by atoms with Gasteiger partial charge in [-0.1, -0.05) is 41.2 Å². The molecular weight excluding hydrogens is 428 g/mol. The molecule has 0 radical (unpaired) electrons. The van der Waals surface area contributed by atoms with Gasteiger partial charge < -0.3 is 4.90 Å². The van der Waals surface area contributed by atoms with Gasteiger partial charge >= 0.3 is 0 Å². The molecule has 2 aliphatic heterocycles. The fourth-order valence-electron chi connectivity index (χ4n) is 6.40. The maximum Gasteiger partial charge on any atom is 0.136 e. The van der Waals surface area contributed by atoms with Crippen molar-refractivity contribution in [2.24, 2.45) is 10.8 Å². The number of nitrogens with zero attached hydrogens (tertiary/aromatic N) is 2. The molecule has 3 heterocycles. The van der Waals surface area contributed by atoms with E-state index in [4.69, 9.17) is 4.98 Å². The summed E-state index contributed by atoms with van der Waals surface area (Å²) < 4.78 is 0. The Hall–Kier alpha value is -2.68. The summed E-state index contributed by atoms with van der Waals surface area (Å²) in [4.78, 5) is 20.6. The fourth-order valence-corrected chi connectivity index (χ4v) is 6.40. The Balaban J connectivity index is 2.10. The highest BCUT2D eigenvalue weighted by Crippen LogP contribution is 2.56. The van der Waals surface area contributed by atoms with Crippen LogP contribution in [0.4, 0.5) is 0 Å². The number of fused-ring (bicyclic) bond motifs is 4. The molecule has 1 aromatic heterocycles. The van der Waals surface area contributed by atoms with Crippen molar-refractivity contribution in [2.75, 3.05) is 0 Å². The van der Waals surface area contributed by atoms with Gasteiger partial charge in [-0.15, -0.1) is 0 Å². The van der Waals surface area contributed by atoms with Crippen molar-refractivity contribution in [3.8, 4) is 0 Å². The summed E-state index contributed by atoms with van der Waals surface area (Å²) in [6, 6.07) is 0. The van der Waals surface area contributed by atoms with Gasteiger partial charge in [-0.2, -0.15) is 0 Å². The molecule has 0 N–H and O–H groups in total. The molecule has 0 amide bonds. The van der Waals surface area contributed by atoms with E-state index in [2.05, 4.69) is 87.6 Å². The molecule has 2 aromatic rings. The summed E-state index contributed by atoms with van der Waals surface area (Å²) in [5.41, 5.74) is 15.2. The van der Waals surface area contributed by atoms with E-state index in [0.29, 0.717) is 0 Å². The quantitative estimate of drug-likeness (QED) is 0.451. The minimum Gasteiger partial charge on any atom is -0.335 e. The Morgan fingerprint density at radius 3 is 2.06 bits per heavy atom. The Bertz CT molecular complexity index is 1400. The number of aryl methyl sites for hydroxylation is 3. The molecule has 4 rings (SSSR count). The minimum atomic E-state index is -0.510. The molecule has 186 valence electrons. The first-order valence-electron chi connectivity index (χ1n) is 12.9. The first-order chi connectivity index (χ1) is 16.1. The van der Waals surface area contributed by atoms with Gasteiger partial charge in [0.2, 0.25) is 0 Å². The molecule has 0 aliphatic carbocycles. The number of carbonyl (C=O) groups is 1. The number of hydrogen-bond donors (Lipinski definition) is 0. The summed E-state index contributed by atoms with van der Waals surface area (Å²) in [5, 5.41) is 1.30. The van der Waals surface area contributed by atoms with Crippen LogP contribution in [-0.4, -0.2) is 15.7 Å². The van der Waals surface area contributed by atoms with E-state index in [-0.39, 0.29) is 11.2 Å². The third-order valence-electron chi connectivity index (χ3n) is 9.93. The Kier molecular flexibility index (Phi) is 5.75. The van der Waals surface area contributed by atoms with Crippen LogP contribution in [0.3, 0.4) is 0 Å². The van der Waals surface area contributed by atoms with E-state index >= 15 is 0 Å².